The van der Waals surface area contributed by atoms with E-state index in [1.165, 1.54) is 12.7 Å². The molecule has 0 unspecified atom stereocenters. The molecule has 1 aliphatic rings. The van der Waals surface area contributed by atoms with Gasteiger partial charge in [0, 0.05) is 18.8 Å². The zero-order valence-electron chi connectivity index (χ0n) is 12.4. The molecule has 0 spiro atoms. The number of hydrogen-bond donors (Lipinski definition) is 0. The van der Waals surface area contributed by atoms with Gasteiger partial charge in [-0.2, -0.15) is 0 Å². The summed E-state index contributed by atoms with van der Waals surface area (Å²) in [6, 6.07) is 7.99. The van der Waals surface area contributed by atoms with E-state index in [2.05, 4.69) is 14.9 Å². The fourth-order valence-corrected chi connectivity index (χ4v) is 2.44. The van der Waals surface area contributed by atoms with Crippen molar-refractivity contribution in [2.45, 2.75) is 19.9 Å². The van der Waals surface area contributed by atoms with Gasteiger partial charge < -0.3 is 9.64 Å². The molecule has 2 heterocycles. The number of hydrogen-bond acceptors (Lipinski definition) is 6. The highest BCUT2D eigenvalue weighted by Gasteiger charge is 2.25. The Kier molecular flexibility index (Phi) is 3.62. The minimum atomic E-state index is -0.500. The van der Waals surface area contributed by atoms with E-state index in [0.29, 0.717) is 19.0 Å². The van der Waals surface area contributed by atoms with Crippen LogP contribution in [0, 0.1) is 6.92 Å². The summed E-state index contributed by atoms with van der Waals surface area (Å²) >= 11 is 0. The van der Waals surface area contributed by atoms with Gasteiger partial charge in [0.25, 0.3) is 5.56 Å². The van der Waals surface area contributed by atoms with Crippen molar-refractivity contribution in [3.8, 4) is 0 Å². The lowest BCUT2D eigenvalue weighted by molar-refractivity contribution is -0.139. The number of carbonyl (C=O) groups excluding carboxylic acids is 1. The first-order valence-corrected chi connectivity index (χ1v) is 6.97. The molecule has 1 aromatic carbocycles. The molecule has 114 valence electrons. The first-order chi connectivity index (χ1) is 10.6. The van der Waals surface area contributed by atoms with Crippen LogP contribution in [0.5, 0.6) is 0 Å². The monoisotopic (exact) mass is 300 g/mol. The van der Waals surface area contributed by atoms with Crippen LogP contribution in [-0.4, -0.2) is 34.4 Å². The highest BCUT2D eigenvalue weighted by Crippen LogP contribution is 2.26. The van der Waals surface area contributed by atoms with E-state index in [9.17, 15) is 9.59 Å². The summed E-state index contributed by atoms with van der Waals surface area (Å²) in [5.74, 6) is 0.00260. The second-order valence-electron chi connectivity index (χ2n) is 5.14. The second-order valence-corrected chi connectivity index (χ2v) is 5.14. The molecule has 0 atom stereocenters. The van der Waals surface area contributed by atoms with Crippen molar-refractivity contribution in [1.82, 2.24) is 14.8 Å². The van der Waals surface area contributed by atoms with Crippen molar-refractivity contribution in [3.05, 3.63) is 45.9 Å². The molecule has 0 saturated carbocycles. The predicted octanol–water partition coefficient (Wildman–Crippen LogP) is 0.814. The molecule has 0 aliphatic carbocycles. The third-order valence-electron chi connectivity index (χ3n) is 3.67. The number of anilines is 2. The Morgan fingerprint density at radius 1 is 1.23 bits per heavy atom. The first-order valence-electron chi connectivity index (χ1n) is 6.97. The van der Waals surface area contributed by atoms with Crippen molar-refractivity contribution >= 4 is 17.6 Å². The van der Waals surface area contributed by atoms with Gasteiger partial charge in [-0.1, -0.05) is 17.7 Å². The van der Waals surface area contributed by atoms with Gasteiger partial charge in [-0.05, 0) is 19.1 Å². The van der Waals surface area contributed by atoms with Gasteiger partial charge >= 0.3 is 5.97 Å². The quantitative estimate of drug-likeness (QED) is 0.781. The van der Waals surface area contributed by atoms with E-state index >= 15 is 0 Å². The molecule has 0 N–H and O–H groups in total. The minimum absolute atomic E-state index is 0.112. The van der Waals surface area contributed by atoms with Gasteiger partial charge in [-0.3, -0.25) is 14.2 Å². The number of aryl methyl sites for hydroxylation is 1. The number of esters is 1. The van der Waals surface area contributed by atoms with E-state index in [1.54, 1.807) is 4.57 Å². The van der Waals surface area contributed by atoms with Crippen molar-refractivity contribution in [3.63, 3.8) is 0 Å². The summed E-state index contributed by atoms with van der Waals surface area (Å²) in [5, 5.41) is 8.02. The molecule has 0 bridgehead atoms. The molecule has 7 heteroatoms. The van der Waals surface area contributed by atoms with Crippen molar-refractivity contribution in [1.29, 1.82) is 0 Å². The number of ether oxygens (including phenoxy) is 1. The fraction of sp³-hybridized carbons (Fsp3) is 0.333. The SMILES string of the molecule is COC(=O)Cc1nnc2n(c1=O)CCN2c1ccc(C)cc1. The van der Waals surface area contributed by atoms with Crippen LogP contribution in [-0.2, 0) is 22.5 Å². The van der Waals surface area contributed by atoms with E-state index in [4.69, 9.17) is 0 Å². The van der Waals surface area contributed by atoms with E-state index in [-0.39, 0.29) is 17.7 Å². The molecular formula is C15H16N4O3. The van der Waals surface area contributed by atoms with Gasteiger partial charge in [0.2, 0.25) is 5.95 Å². The minimum Gasteiger partial charge on any atom is -0.469 e. The molecule has 0 radical (unpaired) electrons. The zero-order chi connectivity index (χ0) is 15.7. The zero-order valence-corrected chi connectivity index (χ0v) is 12.4. The highest BCUT2D eigenvalue weighted by atomic mass is 16.5. The molecule has 0 saturated heterocycles. The van der Waals surface area contributed by atoms with Gasteiger partial charge in [-0.25, -0.2) is 0 Å². The van der Waals surface area contributed by atoms with Gasteiger partial charge in [0.1, 0.15) is 5.69 Å². The van der Waals surface area contributed by atoms with Gasteiger partial charge in [0.15, 0.2) is 0 Å². The van der Waals surface area contributed by atoms with E-state index < -0.39 is 5.97 Å². The van der Waals surface area contributed by atoms with E-state index in [0.717, 1.165) is 5.69 Å². The summed E-state index contributed by atoms with van der Waals surface area (Å²) in [4.78, 5) is 25.6. The predicted molar refractivity (Wildman–Crippen MR) is 80.2 cm³/mol. The molecule has 7 nitrogen and oxygen atoms in total. The van der Waals surface area contributed by atoms with Crippen molar-refractivity contribution < 1.29 is 9.53 Å². The summed E-state index contributed by atoms with van der Waals surface area (Å²) in [5.41, 5.74) is 1.96. The number of fused-ring (bicyclic) bond motifs is 1. The summed E-state index contributed by atoms with van der Waals surface area (Å²) < 4.78 is 6.11. The van der Waals surface area contributed by atoms with Crippen LogP contribution < -0.4 is 10.5 Å². The topological polar surface area (TPSA) is 77.3 Å². The molecule has 2 aromatic rings. The summed E-state index contributed by atoms with van der Waals surface area (Å²) in [6.45, 7) is 3.19. The number of nitrogens with zero attached hydrogens (tertiary/aromatic N) is 4. The Hall–Kier alpha value is -2.70. The average Bonchev–Trinajstić information content (AvgIpc) is 2.95. The lowest BCUT2D eigenvalue weighted by Crippen LogP contribution is -2.27. The maximum atomic E-state index is 12.4. The Bertz CT molecular complexity index is 767. The first kappa shape index (κ1) is 14.2. The maximum Gasteiger partial charge on any atom is 0.311 e. The van der Waals surface area contributed by atoms with Gasteiger partial charge in [0.05, 0.1) is 13.5 Å². The van der Waals surface area contributed by atoms with Crippen molar-refractivity contribution in [2.24, 2.45) is 0 Å². The maximum absolute atomic E-state index is 12.4. The number of methoxy groups -OCH3 is 1. The largest absolute Gasteiger partial charge is 0.469 e. The number of carbonyl (C=O) groups is 1. The third-order valence-corrected chi connectivity index (χ3v) is 3.67. The molecule has 1 aliphatic heterocycles. The fourth-order valence-electron chi connectivity index (χ4n) is 2.44. The molecule has 3 rings (SSSR count). The second kappa shape index (κ2) is 5.59. The smallest absolute Gasteiger partial charge is 0.311 e. The van der Waals surface area contributed by atoms with Crippen LogP contribution in [0.4, 0.5) is 11.6 Å². The highest BCUT2D eigenvalue weighted by molar-refractivity contribution is 5.71. The number of aromatic nitrogens is 3. The molecule has 22 heavy (non-hydrogen) atoms. The Balaban J connectivity index is 1.95. The summed E-state index contributed by atoms with van der Waals surface area (Å²) in [7, 11) is 1.28. The van der Waals surface area contributed by atoms with Crippen LogP contribution in [0.25, 0.3) is 0 Å². The number of benzene rings is 1. The molecule has 0 amide bonds. The van der Waals surface area contributed by atoms with Crippen LogP contribution in [0.15, 0.2) is 29.1 Å². The van der Waals surface area contributed by atoms with Gasteiger partial charge in [-0.15, -0.1) is 10.2 Å². The standard InChI is InChI=1S/C15H16N4O3/c1-10-3-5-11(6-4-10)18-7-8-19-14(21)12(9-13(20)22-2)16-17-15(18)19/h3-6H,7-9H2,1-2H3. The molecule has 1 aromatic heterocycles. The van der Waals surface area contributed by atoms with Crippen LogP contribution >= 0.6 is 0 Å². The van der Waals surface area contributed by atoms with Crippen LogP contribution in [0.1, 0.15) is 11.3 Å². The normalized spacial score (nSPS) is 13.1. The summed E-state index contributed by atoms with van der Waals surface area (Å²) in [6.07, 6.45) is -0.160. The third kappa shape index (κ3) is 2.45. The Morgan fingerprint density at radius 3 is 2.64 bits per heavy atom. The molecule has 0 fully saturated rings. The average molecular weight is 300 g/mol. The molecular weight excluding hydrogens is 284 g/mol. The Morgan fingerprint density at radius 2 is 1.95 bits per heavy atom. The van der Waals surface area contributed by atoms with Crippen LogP contribution in [0.2, 0.25) is 0 Å². The number of rotatable bonds is 3. The van der Waals surface area contributed by atoms with E-state index in [1.807, 2.05) is 36.1 Å². The lowest BCUT2D eigenvalue weighted by atomic mass is 10.2. The van der Waals surface area contributed by atoms with Crippen molar-refractivity contribution in [2.75, 3.05) is 18.6 Å². The Labute approximate surface area is 127 Å². The van der Waals surface area contributed by atoms with Crippen LogP contribution in [0.3, 0.4) is 0 Å². The lowest BCUT2D eigenvalue weighted by Gasteiger charge is -2.16.